The van der Waals surface area contributed by atoms with Crippen LogP contribution in [0, 0.1) is 5.82 Å². The maximum absolute atomic E-state index is 13.8. The van der Waals surface area contributed by atoms with E-state index < -0.39 is 11.7 Å². The van der Waals surface area contributed by atoms with Crippen molar-refractivity contribution >= 4 is 22.8 Å². The Morgan fingerprint density at radius 1 is 1.24 bits per heavy atom. The van der Waals surface area contributed by atoms with Gasteiger partial charge < -0.3 is 16.4 Å². The first-order valence-corrected chi connectivity index (χ1v) is 9.52. The zero-order valence-electron chi connectivity index (χ0n) is 15.8. The van der Waals surface area contributed by atoms with Gasteiger partial charge in [-0.25, -0.2) is 9.37 Å². The number of aromatic nitrogens is 2. The molecule has 7 nitrogen and oxygen atoms in total. The van der Waals surface area contributed by atoms with Gasteiger partial charge in [0.25, 0.3) is 5.56 Å². The molecule has 1 aromatic heterocycles. The molecule has 1 aliphatic heterocycles. The number of hydrogen-bond acceptors (Lipinski definition) is 5. The van der Waals surface area contributed by atoms with Gasteiger partial charge in [-0.3, -0.25) is 14.2 Å². The molecule has 0 radical (unpaired) electrons. The number of fused-ring (bicyclic) bond motifs is 1. The Bertz CT molecular complexity index is 1140. The van der Waals surface area contributed by atoms with E-state index in [4.69, 9.17) is 11.5 Å². The maximum atomic E-state index is 13.8. The summed E-state index contributed by atoms with van der Waals surface area (Å²) in [5, 5.41) is 0.187. The molecule has 29 heavy (non-hydrogen) atoms. The third-order valence-electron chi connectivity index (χ3n) is 5.25. The van der Waals surface area contributed by atoms with Gasteiger partial charge in [0.2, 0.25) is 11.9 Å². The second-order valence-electron chi connectivity index (χ2n) is 7.33. The Kier molecular flexibility index (Phi) is 5.02. The van der Waals surface area contributed by atoms with E-state index in [1.807, 2.05) is 4.90 Å². The highest BCUT2D eigenvalue weighted by Gasteiger charge is 2.23. The van der Waals surface area contributed by atoms with Gasteiger partial charge in [0.15, 0.2) is 0 Å². The van der Waals surface area contributed by atoms with Crippen molar-refractivity contribution in [3.05, 3.63) is 69.8 Å². The van der Waals surface area contributed by atoms with Crippen LogP contribution in [0.2, 0.25) is 0 Å². The molecule has 8 heteroatoms. The Morgan fingerprint density at radius 2 is 2.03 bits per heavy atom. The quantitative estimate of drug-likeness (QED) is 0.698. The Balaban J connectivity index is 1.90. The van der Waals surface area contributed by atoms with E-state index >= 15 is 0 Å². The molecule has 4 N–H and O–H groups in total. The minimum atomic E-state index is -0.574. The van der Waals surface area contributed by atoms with E-state index in [-0.39, 0.29) is 23.5 Å². The predicted octanol–water partition coefficient (Wildman–Crippen LogP) is 1.61. The average Bonchev–Trinajstić information content (AvgIpc) is 2.70. The molecule has 0 spiro atoms. The molecule has 1 atom stereocenters. The molecule has 1 aliphatic rings. The average molecular weight is 395 g/mol. The number of primary amides is 1. The van der Waals surface area contributed by atoms with Crippen molar-refractivity contribution in [3.63, 3.8) is 0 Å². The fraction of sp³-hybridized carbons (Fsp3) is 0.286. The number of nitrogens with zero attached hydrogens (tertiary/aromatic N) is 3. The number of carbonyl (C=O) groups excluding carboxylic acids is 1. The summed E-state index contributed by atoms with van der Waals surface area (Å²) in [6.07, 6.45) is 1.79. The summed E-state index contributed by atoms with van der Waals surface area (Å²) in [5.74, 6) is -0.619. The zero-order chi connectivity index (χ0) is 20.5. The van der Waals surface area contributed by atoms with Crippen LogP contribution >= 0.6 is 0 Å². The van der Waals surface area contributed by atoms with Crippen LogP contribution in [0.5, 0.6) is 0 Å². The lowest BCUT2D eigenvalue weighted by atomic mass is 10.1. The number of halogens is 1. The molecule has 2 heterocycles. The van der Waals surface area contributed by atoms with E-state index in [0.29, 0.717) is 35.7 Å². The maximum Gasteiger partial charge on any atom is 0.263 e. The number of anilines is 1. The monoisotopic (exact) mass is 395 g/mol. The molecule has 3 aromatic rings. The molecular formula is C21H22FN5O2. The molecule has 0 unspecified atom stereocenters. The number of piperidine rings is 1. The molecule has 1 fully saturated rings. The lowest BCUT2D eigenvalue weighted by Crippen LogP contribution is -2.45. The van der Waals surface area contributed by atoms with Gasteiger partial charge in [-0.05, 0) is 42.7 Å². The van der Waals surface area contributed by atoms with Crippen LogP contribution in [0.25, 0.3) is 10.9 Å². The largest absolute Gasteiger partial charge is 0.366 e. The van der Waals surface area contributed by atoms with Crippen molar-refractivity contribution in [2.24, 2.45) is 11.5 Å². The number of benzene rings is 2. The molecular weight excluding hydrogens is 373 g/mol. The summed E-state index contributed by atoms with van der Waals surface area (Å²) in [5.41, 5.74) is 12.6. The van der Waals surface area contributed by atoms with Crippen molar-refractivity contribution in [2.45, 2.75) is 25.4 Å². The van der Waals surface area contributed by atoms with Gasteiger partial charge in [0.1, 0.15) is 5.82 Å². The van der Waals surface area contributed by atoms with Gasteiger partial charge >= 0.3 is 0 Å². The van der Waals surface area contributed by atoms with Crippen LogP contribution < -0.4 is 21.9 Å². The number of amides is 1. The van der Waals surface area contributed by atoms with E-state index in [9.17, 15) is 14.0 Å². The standard InChI is InChI=1S/C21H22FN5O2/c22-14-7-8-18-17(10-14)20(29)27(11-13-4-1-2-6-16(13)19(24)28)21(25-18)26-9-3-5-15(23)12-26/h1-2,4,6-8,10,15H,3,5,9,11-12,23H2,(H2,24,28)/t15-/m0/s1. The van der Waals surface area contributed by atoms with Crippen molar-refractivity contribution < 1.29 is 9.18 Å². The summed E-state index contributed by atoms with van der Waals surface area (Å²) in [7, 11) is 0. The summed E-state index contributed by atoms with van der Waals surface area (Å²) >= 11 is 0. The highest BCUT2D eigenvalue weighted by molar-refractivity contribution is 5.94. The predicted molar refractivity (Wildman–Crippen MR) is 109 cm³/mol. The third kappa shape index (κ3) is 3.71. The molecule has 4 rings (SSSR count). The minimum absolute atomic E-state index is 0.0177. The smallest absolute Gasteiger partial charge is 0.263 e. The van der Waals surface area contributed by atoms with Gasteiger partial charge in [0, 0.05) is 24.7 Å². The summed E-state index contributed by atoms with van der Waals surface area (Å²) in [4.78, 5) is 31.8. The van der Waals surface area contributed by atoms with Crippen LogP contribution in [0.1, 0.15) is 28.8 Å². The number of hydrogen-bond donors (Lipinski definition) is 2. The second-order valence-corrected chi connectivity index (χ2v) is 7.33. The van der Waals surface area contributed by atoms with Crippen molar-refractivity contribution in [1.29, 1.82) is 0 Å². The fourth-order valence-corrected chi connectivity index (χ4v) is 3.83. The van der Waals surface area contributed by atoms with Crippen LogP contribution in [0.4, 0.5) is 10.3 Å². The molecule has 1 saturated heterocycles. The Labute approximate surface area is 166 Å². The first kappa shape index (κ1) is 19.1. The van der Waals surface area contributed by atoms with Gasteiger partial charge in [-0.15, -0.1) is 0 Å². The molecule has 150 valence electrons. The molecule has 0 saturated carbocycles. The first-order valence-electron chi connectivity index (χ1n) is 9.52. The Morgan fingerprint density at radius 3 is 2.79 bits per heavy atom. The Hall–Kier alpha value is -3.26. The zero-order valence-corrected chi connectivity index (χ0v) is 15.8. The minimum Gasteiger partial charge on any atom is -0.366 e. The summed E-state index contributed by atoms with van der Waals surface area (Å²) in [6, 6.07) is 10.8. The SMILES string of the molecule is NC(=O)c1ccccc1Cn1c(N2CCC[C@H](N)C2)nc2ccc(F)cc2c1=O. The number of nitrogens with two attached hydrogens (primary N) is 2. The van der Waals surface area contributed by atoms with Crippen LogP contribution in [-0.4, -0.2) is 34.6 Å². The molecule has 0 bridgehead atoms. The van der Waals surface area contributed by atoms with Crippen molar-refractivity contribution in [2.75, 3.05) is 18.0 Å². The first-order chi connectivity index (χ1) is 13.9. The van der Waals surface area contributed by atoms with Crippen molar-refractivity contribution in [3.8, 4) is 0 Å². The van der Waals surface area contributed by atoms with E-state index in [1.54, 1.807) is 24.3 Å². The van der Waals surface area contributed by atoms with Gasteiger partial charge in [-0.1, -0.05) is 18.2 Å². The lowest BCUT2D eigenvalue weighted by molar-refractivity contribution is 0.0999. The van der Waals surface area contributed by atoms with E-state index in [0.717, 1.165) is 12.8 Å². The third-order valence-corrected chi connectivity index (χ3v) is 5.25. The number of carbonyl (C=O) groups is 1. The molecule has 1 amide bonds. The van der Waals surface area contributed by atoms with Crippen LogP contribution in [0.15, 0.2) is 47.3 Å². The molecule has 0 aliphatic carbocycles. The number of rotatable bonds is 4. The fourth-order valence-electron chi connectivity index (χ4n) is 3.83. The lowest BCUT2D eigenvalue weighted by Gasteiger charge is -2.33. The molecule has 2 aromatic carbocycles. The highest BCUT2D eigenvalue weighted by atomic mass is 19.1. The summed E-state index contributed by atoms with van der Waals surface area (Å²) < 4.78 is 15.3. The second kappa shape index (κ2) is 7.63. The van der Waals surface area contributed by atoms with Crippen LogP contribution in [0.3, 0.4) is 0 Å². The summed E-state index contributed by atoms with van der Waals surface area (Å²) in [6.45, 7) is 1.37. The highest BCUT2D eigenvalue weighted by Crippen LogP contribution is 2.21. The van der Waals surface area contributed by atoms with E-state index in [2.05, 4.69) is 4.98 Å². The topological polar surface area (TPSA) is 107 Å². The van der Waals surface area contributed by atoms with E-state index in [1.165, 1.54) is 22.8 Å². The normalized spacial score (nSPS) is 16.9. The van der Waals surface area contributed by atoms with Gasteiger partial charge in [0.05, 0.1) is 17.4 Å². The van der Waals surface area contributed by atoms with Crippen LogP contribution in [-0.2, 0) is 6.54 Å². The van der Waals surface area contributed by atoms with Crippen molar-refractivity contribution in [1.82, 2.24) is 9.55 Å². The van der Waals surface area contributed by atoms with Gasteiger partial charge in [-0.2, -0.15) is 0 Å².